The van der Waals surface area contributed by atoms with Gasteiger partial charge in [-0.2, -0.15) is 5.10 Å². The van der Waals surface area contributed by atoms with Crippen LogP contribution < -0.4 is 11.1 Å². The van der Waals surface area contributed by atoms with Crippen molar-refractivity contribution in [2.45, 2.75) is 26.3 Å². The minimum atomic E-state index is 0.383. The Balaban J connectivity index is 2.90. The molecule has 0 radical (unpaired) electrons. The fourth-order valence-corrected chi connectivity index (χ4v) is 1.30. The molecule has 0 aromatic carbocycles. The Labute approximate surface area is 79.1 Å². The topological polar surface area (TPSA) is 55.9 Å². The van der Waals surface area contributed by atoms with Gasteiger partial charge in [0.15, 0.2) is 0 Å². The number of hydrogen-bond donors (Lipinski definition) is 2. The maximum atomic E-state index is 5.47. The number of rotatable bonds is 4. The van der Waals surface area contributed by atoms with Gasteiger partial charge in [0.1, 0.15) is 5.82 Å². The average molecular weight is 182 g/mol. The van der Waals surface area contributed by atoms with Gasteiger partial charge in [-0.3, -0.25) is 0 Å². The van der Waals surface area contributed by atoms with Crippen molar-refractivity contribution in [3.8, 4) is 0 Å². The first-order chi connectivity index (χ1) is 6.19. The molecule has 0 spiro atoms. The number of hydrogen-bond acceptors (Lipinski definition) is 3. The van der Waals surface area contributed by atoms with Crippen LogP contribution in [-0.4, -0.2) is 23.4 Å². The van der Waals surface area contributed by atoms with Gasteiger partial charge in [-0.15, -0.1) is 0 Å². The van der Waals surface area contributed by atoms with Crippen LogP contribution in [0.4, 0.5) is 5.82 Å². The lowest BCUT2D eigenvalue weighted by molar-refractivity contribution is 0.532. The van der Waals surface area contributed by atoms with E-state index in [1.165, 1.54) is 0 Å². The minimum absolute atomic E-state index is 0.383. The second-order valence-corrected chi connectivity index (χ2v) is 3.35. The summed E-state index contributed by atoms with van der Waals surface area (Å²) < 4.78 is 1.98. The predicted octanol–water partition coefficient (Wildman–Crippen LogP) is 1.01. The molecule has 0 saturated carbocycles. The van der Waals surface area contributed by atoms with Gasteiger partial charge in [0.25, 0.3) is 0 Å². The molecule has 0 atom stereocenters. The molecule has 74 valence electrons. The summed E-state index contributed by atoms with van der Waals surface area (Å²) in [6, 6.07) is 2.43. The van der Waals surface area contributed by atoms with Gasteiger partial charge in [0.2, 0.25) is 0 Å². The predicted molar refractivity (Wildman–Crippen MR) is 54.9 cm³/mol. The van der Waals surface area contributed by atoms with Gasteiger partial charge < -0.3 is 11.1 Å². The molecule has 0 aliphatic carbocycles. The van der Waals surface area contributed by atoms with Crippen LogP contribution in [-0.2, 0) is 6.42 Å². The van der Waals surface area contributed by atoms with Crippen molar-refractivity contribution >= 4 is 5.82 Å². The summed E-state index contributed by atoms with van der Waals surface area (Å²) in [4.78, 5) is 0. The molecule has 0 unspecified atom stereocenters. The molecular weight excluding hydrogens is 164 g/mol. The van der Waals surface area contributed by atoms with Crippen LogP contribution in [0.1, 0.15) is 25.6 Å². The Bertz CT molecular complexity index is 265. The lowest BCUT2D eigenvalue weighted by Crippen LogP contribution is -2.08. The van der Waals surface area contributed by atoms with Crippen molar-refractivity contribution in [2.24, 2.45) is 5.73 Å². The number of aromatic nitrogens is 2. The molecule has 1 rings (SSSR count). The van der Waals surface area contributed by atoms with Crippen molar-refractivity contribution in [1.82, 2.24) is 9.78 Å². The van der Waals surface area contributed by atoms with Gasteiger partial charge in [0, 0.05) is 25.6 Å². The molecule has 0 amide bonds. The largest absolute Gasteiger partial charge is 0.373 e. The van der Waals surface area contributed by atoms with Crippen molar-refractivity contribution < 1.29 is 0 Å². The molecule has 1 aromatic heterocycles. The third-order valence-electron chi connectivity index (χ3n) is 1.93. The van der Waals surface area contributed by atoms with Crippen molar-refractivity contribution in [3.63, 3.8) is 0 Å². The average Bonchev–Trinajstić information content (AvgIpc) is 2.48. The molecule has 0 fully saturated rings. The number of nitrogens with two attached hydrogens (primary N) is 1. The summed E-state index contributed by atoms with van der Waals surface area (Å²) in [5.41, 5.74) is 6.52. The highest BCUT2D eigenvalue weighted by molar-refractivity contribution is 5.36. The van der Waals surface area contributed by atoms with Gasteiger partial charge in [-0.05, 0) is 20.4 Å². The quantitative estimate of drug-likeness (QED) is 0.730. The van der Waals surface area contributed by atoms with Crippen molar-refractivity contribution in [1.29, 1.82) is 0 Å². The van der Waals surface area contributed by atoms with Crippen LogP contribution in [0.3, 0.4) is 0 Å². The fraction of sp³-hybridized carbons (Fsp3) is 0.667. The highest BCUT2D eigenvalue weighted by atomic mass is 15.3. The first kappa shape index (κ1) is 10.1. The minimum Gasteiger partial charge on any atom is -0.373 e. The maximum absolute atomic E-state index is 5.47. The van der Waals surface area contributed by atoms with E-state index in [0.717, 1.165) is 17.9 Å². The molecule has 0 aliphatic rings. The van der Waals surface area contributed by atoms with Crippen LogP contribution in [0.25, 0.3) is 0 Å². The van der Waals surface area contributed by atoms with E-state index in [-0.39, 0.29) is 0 Å². The Kier molecular flexibility index (Phi) is 3.31. The van der Waals surface area contributed by atoms with Crippen LogP contribution >= 0.6 is 0 Å². The maximum Gasteiger partial charge on any atom is 0.124 e. The molecule has 0 aliphatic heterocycles. The zero-order valence-corrected chi connectivity index (χ0v) is 8.54. The Morgan fingerprint density at radius 3 is 2.69 bits per heavy atom. The molecule has 13 heavy (non-hydrogen) atoms. The summed E-state index contributed by atoms with van der Waals surface area (Å²) in [6.45, 7) is 4.87. The fourth-order valence-electron chi connectivity index (χ4n) is 1.30. The third kappa shape index (κ3) is 2.21. The van der Waals surface area contributed by atoms with E-state index >= 15 is 0 Å². The number of nitrogens with zero attached hydrogens (tertiary/aromatic N) is 2. The smallest absolute Gasteiger partial charge is 0.124 e. The molecule has 1 aromatic rings. The van der Waals surface area contributed by atoms with Crippen LogP contribution in [0.2, 0.25) is 0 Å². The van der Waals surface area contributed by atoms with Crippen molar-refractivity contribution in [3.05, 3.63) is 11.8 Å². The first-order valence-electron chi connectivity index (χ1n) is 4.65. The Hall–Kier alpha value is -1.03. The Morgan fingerprint density at radius 1 is 1.62 bits per heavy atom. The molecule has 4 heteroatoms. The summed E-state index contributed by atoms with van der Waals surface area (Å²) in [5, 5.41) is 7.56. The van der Waals surface area contributed by atoms with Crippen LogP contribution in [0.5, 0.6) is 0 Å². The molecule has 0 bridgehead atoms. The third-order valence-corrected chi connectivity index (χ3v) is 1.93. The van der Waals surface area contributed by atoms with Gasteiger partial charge in [-0.1, -0.05) is 0 Å². The number of anilines is 1. The molecule has 4 nitrogen and oxygen atoms in total. The zero-order valence-electron chi connectivity index (χ0n) is 8.54. The summed E-state index contributed by atoms with van der Waals surface area (Å²) in [7, 11) is 1.90. The SMILES string of the molecule is CNc1cc(CCN)nn1C(C)C. The van der Waals surface area contributed by atoms with E-state index < -0.39 is 0 Å². The van der Waals surface area contributed by atoms with Crippen LogP contribution in [0.15, 0.2) is 6.07 Å². The second kappa shape index (κ2) is 4.28. The normalized spacial score (nSPS) is 10.8. The molecule has 3 N–H and O–H groups in total. The highest BCUT2D eigenvalue weighted by Gasteiger charge is 2.07. The van der Waals surface area contributed by atoms with E-state index in [1.807, 2.05) is 17.8 Å². The zero-order chi connectivity index (χ0) is 9.84. The van der Waals surface area contributed by atoms with Crippen molar-refractivity contribution in [2.75, 3.05) is 18.9 Å². The van der Waals surface area contributed by atoms with Crippen LogP contribution in [0, 0.1) is 0 Å². The monoisotopic (exact) mass is 182 g/mol. The lowest BCUT2D eigenvalue weighted by Gasteiger charge is -2.09. The van der Waals surface area contributed by atoms with E-state index in [4.69, 9.17) is 5.73 Å². The van der Waals surface area contributed by atoms with Gasteiger partial charge in [0.05, 0.1) is 5.69 Å². The summed E-state index contributed by atoms with van der Waals surface area (Å²) in [6.07, 6.45) is 0.842. The molecule has 1 heterocycles. The van der Waals surface area contributed by atoms with Gasteiger partial charge >= 0.3 is 0 Å². The van der Waals surface area contributed by atoms with E-state index in [0.29, 0.717) is 12.6 Å². The van der Waals surface area contributed by atoms with E-state index in [1.54, 1.807) is 0 Å². The second-order valence-electron chi connectivity index (χ2n) is 3.35. The lowest BCUT2D eigenvalue weighted by atomic mass is 10.3. The first-order valence-corrected chi connectivity index (χ1v) is 4.65. The summed E-state index contributed by atoms with van der Waals surface area (Å²) >= 11 is 0. The molecule has 0 saturated heterocycles. The highest BCUT2D eigenvalue weighted by Crippen LogP contribution is 2.15. The number of nitrogens with one attached hydrogen (secondary N) is 1. The van der Waals surface area contributed by atoms with E-state index in [2.05, 4.69) is 24.3 Å². The standard InChI is InChI=1S/C9H18N4/c1-7(2)13-9(11-3)6-8(12-13)4-5-10/h6-7,11H,4-5,10H2,1-3H3. The molecular formula is C9H18N4. The van der Waals surface area contributed by atoms with E-state index in [9.17, 15) is 0 Å². The van der Waals surface area contributed by atoms with Gasteiger partial charge in [-0.25, -0.2) is 4.68 Å². The summed E-state index contributed by atoms with van der Waals surface area (Å²) in [5.74, 6) is 1.05. The Morgan fingerprint density at radius 2 is 2.31 bits per heavy atom.